The summed E-state index contributed by atoms with van der Waals surface area (Å²) in [6.45, 7) is 0. The molecule has 0 spiro atoms. The zero-order valence-electron chi connectivity index (χ0n) is 18.2. The first-order valence-corrected chi connectivity index (χ1v) is 11.5. The maximum Gasteiger partial charge on any atom is 0.223 e. The minimum absolute atomic E-state index is 0.0187. The molecule has 6 rings (SSSR count). The standard InChI is InChI=1S/C24H27N7O2/c25-22-17-7-8-31(23(17)28-12-27-22)19-10-14(20(32)21(19)33)3-1-13-2-4-15-11-26-24(29-16-5-6-16)30-18(15)9-13/h2,4,7-9,11-12,14,16,19-21,32-33H,1,3,5-6,10H2,(H2,25,27,28)(H,26,29,30)/t14-,19+,20+,21-/m0/s1. The van der Waals surface area contributed by atoms with Gasteiger partial charge in [0.2, 0.25) is 5.95 Å². The predicted molar refractivity (Wildman–Crippen MR) is 126 cm³/mol. The third-order valence-corrected chi connectivity index (χ3v) is 7.03. The van der Waals surface area contributed by atoms with Crippen LogP contribution in [0.4, 0.5) is 11.8 Å². The van der Waals surface area contributed by atoms with Crippen LogP contribution in [0.3, 0.4) is 0 Å². The SMILES string of the molecule is Nc1ncnc2c1ccn2[C@@H]1C[C@H](CCc2ccc3cnc(NC4CC4)nc3c2)[C@@H](O)[C@H]1O. The molecule has 2 fully saturated rings. The Morgan fingerprint density at radius 1 is 1.09 bits per heavy atom. The molecule has 0 bridgehead atoms. The number of fused-ring (bicyclic) bond motifs is 2. The van der Waals surface area contributed by atoms with Crippen LogP contribution in [-0.4, -0.2) is 53.0 Å². The summed E-state index contributed by atoms with van der Waals surface area (Å²) in [5.41, 5.74) is 8.73. The summed E-state index contributed by atoms with van der Waals surface area (Å²) < 4.78 is 1.92. The molecule has 33 heavy (non-hydrogen) atoms. The molecule has 4 aromatic rings. The van der Waals surface area contributed by atoms with Crippen molar-refractivity contribution in [3.05, 3.63) is 48.5 Å². The van der Waals surface area contributed by atoms with Gasteiger partial charge in [-0.3, -0.25) is 0 Å². The Morgan fingerprint density at radius 2 is 1.97 bits per heavy atom. The summed E-state index contributed by atoms with van der Waals surface area (Å²) in [5.74, 6) is 1.08. The quantitative estimate of drug-likeness (QED) is 0.355. The summed E-state index contributed by atoms with van der Waals surface area (Å²) in [5, 5.41) is 26.7. The van der Waals surface area contributed by atoms with E-state index in [-0.39, 0.29) is 12.0 Å². The van der Waals surface area contributed by atoms with Gasteiger partial charge in [0.15, 0.2) is 0 Å². The number of aromatic nitrogens is 5. The first-order valence-electron chi connectivity index (χ1n) is 11.5. The van der Waals surface area contributed by atoms with Crippen LogP contribution in [0.1, 0.15) is 37.3 Å². The predicted octanol–water partition coefficient (Wildman–Crippen LogP) is 2.45. The molecule has 1 aromatic carbocycles. The molecule has 170 valence electrons. The first kappa shape index (κ1) is 20.3. The van der Waals surface area contributed by atoms with Crippen LogP contribution in [0.25, 0.3) is 21.9 Å². The lowest BCUT2D eigenvalue weighted by Gasteiger charge is -2.19. The van der Waals surface area contributed by atoms with Crippen LogP contribution in [-0.2, 0) is 6.42 Å². The number of hydrogen-bond donors (Lipinski definition) is 4. The van der Waals surface area contributed by atoms with E-state index in [9.17, 15) is 10.2 Å². The lowest BCUT2D eigenvalue weighted by molar-refractivity contribution is 0.00545. The topological polar surface area (TPSA) is 135 Å². The molecule has 0 radical (unpaired) electrons. The molecule has 9 heteroatoms. The zero-order valence-corrected chi connectivity index (χ0v) is 18.2. The third kappa shape index (κ3) is 3.77. The normalized spacial score (nSPS) is 25.2. The number of anilines is 2. The average molecular weight is 446 g/mol. The highest BCUT2D eigenvalue weighted by molar-refractivity contribution is 5.86. The number of aryl methyl sites for hydroxylation is 1. The Labute approximate surface area is 190 Å². The monoisotopic (exact) mass is 445 g/mol. The maximum atomic E-state index is 10.8. The van der Waals surface area contributed by atoms with Crippen LogP contribution < -0.4 is 11.1 Å². The van der Waals surface area contributed by atoms with Gasteiger partial charge in [0.1, 0.15) is 23.9 Å². The maximum absolute atomic E-state index is 10.8. The van der Waals surface area contributed by atoms with Crippen molar-refractivity contribution in [1.82, 2.24) is 24.5 Å². The highest BCUT2D eigenvalue weighted by atomic mass is 16.3. The molecule has 0 unspecified atom stereocenters. The summed E-state index contributed by atoms with van der Waals surface area (Å²) in [7, 11) is 0. The molecule has 3 heterocycles. The van der Waals surface area contributed by atoms with Crippen LogP contribution >= 0.6 is 0 Å². The largest absolute Gasteiger partial charge is 0.390 e. The van der Waals surface area contributed by atoms with E-state index >= 15 is 0 Å². The van der Waals surface area contributed by atoms with E-state index < -0.39 is 12.2 Å². The highest BCUT2D eigenvalue weighted by Crippen LogP contribution is 2.39. The van der Waals surface area contributed by atoms with Crippen molar-refractivity contribution >= 4 is 33.7 Å². The lowest BCUT2D eigenvalue weighted by atomic mass is 9.95. The molecule has 4 atom stereocenters. The fourth-order valence-electron chi connectivity index (χ4n) is 4.98. The summed E-state index contributed by atoms with van der Waals surface area (Å²) >= 11 is 0. The lowest BCUT2D eigenvalue weighted by Crippen LogP contribution is -2.29. The van der Waals surface area contributed by atoms with Gasteiger partial charge in [0.25, 0.3) is 0 Å². The molecule has 2 aliphatic carbocycles. The van der Waals surface area contributed by atoms with Gasteiger partial charge in [-0.15, -0.1) is 0 Å². The van der Waals surface area contributed by atoms with Gasteiger partial charge < -0.3 is 25.8 Å². The number of nitrogens with two attached hydrogens (primary N) is 1. The Balaban J connectivity index is 1.18. The van der Waals surface area contributed by atoms with Gasteiger partial charge in [-0.1, -0.05) is 12.1 Å². The van der Waals surface area contributed by atoms with Gasteiger partial charge in [-0.2, -0.15) is 0 Å². The minimum Gasteiger partial charge on any atom is -0.390 e. The average Bonchev–Trinajstić information content (AvgIpc) is 3.46. The fourth-order valence-corrected chi connectivity index (χ4v) is 4.98. The van der Waals surface area contributed by atoms with E-state index in [1.54, 1.807) is 0 Å². The number of hydrogen-bond acceptors (Lipinski definition) is 8. The Morgan fingerprint density at radius 3 is 2.82 bits per heavy atom. The Hall–Kier alpha value is -3.30. The van der Waals surface area contributed by atoms with E-state index in [4.69, 9.17) is 5.73 Å². The second-order valence-electron chi connectivity index (χ2n) is 9.31. The Kier molecular flexibility index (Phi) is 4.88. The van der Waals surface area contributed by atoms with Crippen LogP contribution in [0.15, 0.2) is 43.0 Å². The molecule has 2 aliphatic rings. The van der Waals surface area contributed by atoms with Gasteiger partial charge in [-0.05, 0) is 55.7 Å². The van der Waals surface area contributed by atoms with Crippen molar-refractivity contribution < 1.29 is 10.2 Å². The third-order valence-electron chi connectivity index (χ3n) is 7.03. The molecule has 0 amide bonds. The van der Waals surface area contributed by atoms with Gasteiger partial charge in [-0.25, -0.2) is 19.9 Å². The number of aliphatic hydroxyl groups excluding tert-OH is 2. The molecule has 5 N–H and O–H groups in total. The number of nitrogens with zero attached hydrogens (tertiary/aromatic N) is 5. The number of aliphatic hydroxyl groups is 2. The van der Waals surface area contributed by atoms with E-state index in [1.165, 1.54) is 19.2 Å². The number of benzene rings is 1. The van der Waals surface area contributed by atoms with Gasteiger partial charge in [0.05, 0.1) is 23.0 Å². The van der Waals surface area contributed by atoms with Crippen LogP contribution in [0.2, 0.25) is 0 Å². The molecule has 0 saturated heterocycles. The Bertz CT molecular complexity index is 1320. The molecule has 9 nitrogen and oxygen atoms in total. The number of nitrogens with one attached hydrogen (secondary N) is 1. The molecular formula is C24H27N7O2. The summed E-state index contributed by atoms with van der Waals surface area (Å²) in [4.78, 5) is 17.4. The zero-order chi connectivity index (χ0) is 22.5. The summed E-state index contributed by atoms with van der Waals surface area (Å²) in [6.07, 6.45) is 8.10. The fraction of sp³-hybridized carbons (Fsp3) is 0.417. The van der Waals surface area contributed by atoms with Crippen molar-refractivity contribution in [3.8, 4) is 0 Å². The van der Waals surface area contributed by atoms with E-state index in [0.717, 1.165) is 34.7 Å². The van der Waals surface area contributed by atoms with Crippen molar-refractivity contribution in [1.29, 1.82) is 0 Å². The van der Waals surface area contributed by atoms with Crippen LogP contribution in [0.5, 0.6) is 0 Å². The smallest absolute Gasteiger partial charge is 0.223 e. The molecule has 0 aliphatic heterocycles. The van der Waals surface area contributed by atoms with Crippen LogP contribution in [0, 0.1) is 5.92 Å². The summed E-state index contributed by atoms with van der Waals surface area (Å²) in [6, 6.07) is 8.36. The van der Waals surface area contributed by atoms with Gasteiger partial charge >= 0.3 is 0 Å². The van der Waals surface area contributed by atoms with Gasteiger partial charge in [0, 0.05) is 23.8 Å². The van der Waals surface area contributed by atoms with Crippen molar-refractivity contribution in [2.24, 2.45) is 5.92 Å². The molecule has 2 saturated carbocycles. The molecule has 3 aromatic heterocycles. The second kappa shape index (κ2) is 7.93. The van der Waals surface area contributed by atoms with E-state index in [1.807, 2.05) is 29.1 Å². The van der Waals surface area contributed by atoms with Crippen molar-refractivity contribution in [3.63, 3.8) is 0 Å². The second-order valence-corrected chi connectivity index (χ2v) is 9.31. The van der Waals surface area contributed by atoms with Crippen molar-refractivity contribution in [2.45, 2.75) is 56.4 Å². The number of rotatable bonds is 6. The van der Waals surface area contributed by atoms with E-state index in [2.05, 4.69) is 37.4 Å². The first-order chi connectivity index (χ1) is 16.1. The van der Waals surface area contributed by atoms with Crippen molar-refractivity contribution in [2.75, 3.05) is 11.1 Å². The minimum atomic E-state index is -0.859. The highest BCUT2D eigenvalue weighted by Gasteiger charge is 2.42. The van der Waals surface area contributed by atoms with E-state index in [0.29, 0.717) is 29.9 Å². The molecular weight excluding hydrogens is 418 g/mol. The number of nitrogen functional groups attached to an aromatic ring is 1.